The van der Waals surface area contributed by atoms with Gasteiger partial charge in [0.05, 0.1) is 30.6 Å². The quantitative estimate of drug-likeness (QED) is 0.683. The third kappa shape index (κ3) is 3.06. The second-order valence-corrected chi connectivity index (χ2v) is 6.77. The number of ether oxygens (including phenoxy) is 1. The first-order chi connectivity index (χ1) is 13.2. The standard InChI is InChI=1S/C21H22N4OS/c1-3-24-20(19(23-21(24)27)15-9-6-7-13-22-15)17-11-8-14-25(17)16-10-4-5-12-18(16)26-2/h4-14,19-20H,3H2,1-2H3,(H,23,27)/t19-,20-/m0/s1. The predicted octanol–water partition coefficient (Wildman–Crippen LogP) is 3.87. The fraction of sp³-hybridized carbons (Fsp3) is 0.238. The molecule has 2 aromatic heterocycles. The lowest BCUT2D eigenvalue weighted by Crippen LogP contribution is -2.30. The fourth-order valence-electron chi connectivity index (χ4n) is 3.75. The predicted molar refractivity (Wildman–Crippen MR) is 110 cm³/mol. The lowest BCUT2D eigenvalue weighted by molar-refractivity contribution is 0.320. The number of likely N-dealkylation sites (N-methyl/N-ethyl adjacent to an activating group) is 1. The molecule has 0 bridgehead atoms. The van der Waals surface area contributed by atoms with E-state index in [1.165, 1.54) is 0 Å². The second-order valence-electron chi connectivity index (χ2n) is 6.39. The fourth-order valence-corrected chi connectivity index (χ4v) is 4.12. The number of rotatable bonds is 5. The summed E-state index contributed by atoms with van der Waals surface area (Å²) in [5, 5.41) is 4.22. The van der Waals surface area contributed by atoms with Gasteiger partial charge in [0, 0.05) is 24.6 Å². The van der Waals surface area contributed by atoms with Gasteiger partial charge in [-0.25, -0.2) is 0 Å². The molecule has 138 valence electrons. The Bertz CT molecular complexity index is 940. The number of nitrogens with zero attached hydrogens (tertiary/aromatic N) is 3. The van der Waals surface area contributed by atoms with Crippen LogP contribution in [0.3, 0.4) is 0 Å². The van der Waals surface area contributed by atoms with Gasteiger partial charge in [-0.2, -0.15) is 0 Å². The molecule has 0 radical (unpaired) electrons. The minimum atomic E-state index is -0.0120. The summed E-state index contributed by atoms with van der Waals surface area (Å²) in [4.78, 5) is 6.80. The van der Waals surface area contributed by atoms with Gasteiger partial charge in [-0.15, -0.1) is 0 Å². The highest BCUT2D eigenvalue weighted by Crippen LogP contribution is 2.40. The van der Waals surface area contributed by atoms with E-state index in [4.69, 9.17) is 17.0 Å². The van der Waals surface area contributed by atoms with E-state index in [0.29, 0.717) is 0 Å². The van der Waals surface area contributed by atoms with Gasteiger partial charge in [-0.05, 0) is 55.5 Å². The number of nitrogens with one attached hydrogen (secondary N) is 1. The van der Waals surface area contributed by atoms with Gasteiger partial charge in [-0.3, -0.25) is 4.98 Å². The van der Waals surface area contributed by atoms with Crippen molar-refractivity contribution in [3.8, 4) is 11.4 Å². The number of aromatic nitrogens is 2. The Morgan fingerprint density at radius 3 is 2.67 bits per heavy atom. The molecule has 0 amide bonds. The van der Waals surface area contributed by atoms with Gasteiger partial charge < -0.3 is 19.5 Å². The molecule has 1 saturated heterocycles. The van der Waals surface area contributed by atoms with Crippen LogP contribution in [0.1, 0.15) is 30.4 Å². The lowest BCUT2D eigenvalue weighted by atomic mass is 10.0. The van der Waals surface area contributed by atoms with Crippen molar-refractivity contribution in [3.63, 3.8) is 0 Å². The smallest absolute Gasteiger partial charge is 0.170 e. The van der Waals surface area contributed by atoms with E-state index in [9.17, 15) is 0 Å². The normalized spacial score (nSPS) is 19.2. The molecule has 3 aromatic rings. The zero-order valence-corrected chi connectivity index (χ0v) is 16.2. The van der Waals surface area contributed by atoms with Crippen LogP contribution < -0.4 is 10.1 Å². The Morgan fingerprint density at radius 1 is 1.11 bits per heavy atom. The molecule has 0 saturated carbocycles. The van der Waals surface area contributed by atoms with Crippen molar-refractivity contribution >= 4 is 17.3 Å². The summed E-state index contributed by atoms with van der Waals surface area (Å²) >= 11 is 5.63. The van der Waals surface area contributed by atoms with E-state index < -0.39 is 0 Å². The Labute approximate surface area is 164 Å². The van der Waals surface area contributed by atoms with Gasteiger partial charge in [0.25, 0.3) is 0 Å². The number of hydrogen-bond donors (Lipinski definition) is 1. The Hall–Kier alpha value is -2.86. The molecule has 3 heterocycles. The van der Waals surface area contributed by atoms with Crippen molar-refractivity contribution in [2.45, 2.75) is 19.0 Å². The molecule has 1 N–H and O–H groups in total. The number of para-hydroxylation sites is 2. The summed E-state index contributed by atoms with van der Waals surface area (Å²) in [5.74, 6) is 0.834. The van der Waals surface area contributed by atoms with Crippen LogP contribution in [0.5, 0.6) is 5.75 Å². The molecule has 5 nitrogen and oxygen atoms in total. The summed E-state index contributed by atoms with van der Waals surface area (Å²) in [7, 11) is 1.70. The maximum absolute atomic E-state index is 5.63. The van der Waals surface area contributed by atoms with Crippen molar-refractivity contribution in [2.75, 3.05) is 13.7 Å². The van der Waals surface area contributed by atoms with Crippen molar-refractivity contribution in [2.24, 2.45) is 0 Å². The number of pyridine rings is 1. The second kappa shape index (κ2) is 7.40. The average Bonchev–Trinajstić information content (AvgIpc) is 3.32. The molecule has 1 aliphatic rings. The molecular formula is C21H22N4OS. The third-order valence-electron chi connectivity index (χ3n) is 4.97. The molecule has 0 spiro atoms. The van der Waals surface area contributed by atoms with Crippen LogP contribution in [-0.2, 0) is 0 Å². The van der Waals surface area contributed by atoms with E-state index >= 15 is 0 Å². The van der Waals surface area contributed by atoms with Crippen LogP contribution in [-0.4, -0.2) is 33.2 Å². The van der Waals surface area contributed by atoms with Crippen LogP contribution >= 0.6 is 12.2 Å². The Morgan fingerprint density at radius 2 is 1.93 bits per heavy atom. The highest BCUT2D eigenvalue weighted by Gasteiger charge is 2.40. The zero-order chi connectivity index (χ0) is 18.8. The molecule has 6 heteroatoms. The number of methoxy groups -OCH3 is 1. The van der Waals surface area contributed by atoms with E-state index in [-0.39, 0.29) is 12.1 Å². The van der Waals surface area contributed by atoms with E-state index in [0.717, 1.165) is 34.5 Å². The summed E-state index contributed by atoms with van der Waals surface area (Å²) in [6, 6.07) is 18.3. The highest BCUT2D eigenvalue weighted by atomic mass is 32.1. The summed E-state index contributed by atoms with van der Waals surface area (Å²) in [6.45, 7) is 2.94. The van der Waals surface area contributed by atoms with Gasteiger partial charge in [0.15, 0.2) is 5.11 Å². The monoisotopic (exact) mass is 378 g/mol. The van der Waals surface area contributed by atoms with E-state index in [1.807, 2.05) is 42.6 Å². The van der Waals surface area contributed by atoms with E-state index in [1.54, 1.807) is 7.11 Å². The van der Waals surface area contributed by atoms with E-state index in [2.05, 4.69) is 51.1 Å². The molecule has 4 rings (SSSR count). The van der Waals surface area contributed by atoms with Crippen molar-refractivity contribution in [1.29, 1.82) is 0 Å². The molecule has 0 unspecified atom stereocenters. The van der Waals surface area contributed by atoms with Crippen LogP contribution in [0.25, 0.3) is 5.69 Å². The molecule has 2 atom stereocenters. The number of hydrogen-bond acceptors (Lipinski definition) is 3. The molecule has 1 fully saturated rings. The summed E-state index contributed by atoms with van der Waals surface area (Å²) in [6.07, 6.45) is 3.89. The topological polar surface area (TPSA) is 42.3 Å². The first-order valence-corrected chi connectivity index (χ1v) is 9.44. The van der Waals surface area contributed by atoms with Crippen LogP contribution in [0.4, 0.5) is 0 Å². The van der Waals surface area contributed by atoms with Crippen molar-refractivity contribution < 1.29 is 4.74 Å². The summed E-state index contributed by atoms with van der Waals surface area (Å²) in [5.41, 5.74) is 3.13. The maximum Gasteiger partial charge on any atom is 0.170 e. The summed E-state index contributed by atoms with van der Waals surface area (Å²) < 4.78 is 7.76. The van der Waals surface area contributed by atoms with Crippen LogP contribution in [0, 0.1) is 0 Å². The molecule has 0 aliphatic carbocycles. The van der Waals surface area contributed by atoms with Gasteiger partial charge >= 0.3 is 0 Å². The van der Waals surface area contributed by atoms with Crippen LogP contribution in [0.15, 0.2) is 67.0 Å². The van der Waals surface area contributed by atoms with Gasteiger partial charge in [0.1, 0.15) is 5.75 Å². The van der Waals surface area contributed by atoms with Gasteiger partial charge in [0.2, 0.25) is 0 Å². The first kappa shape index (κ1) is 17.5. The minimum Gasteiger partial charge on any atom is -0.495 e. The van der Waals surface area contributed by atoms with Gasteiger partial charge in [-0.1, -0.05) is 18.2 Å². The molecule has 1 aliphatic heterocycles. The largest absolute Gasteiger partial charge is 0.495 e. The molecular weight excluding hydrogens is 356 g/mol. The third-order valence-corrected chi connectivity index (χ3v) is 5.32. The molecule has 1 aromatic carbocycles. The number of thiocarbonyl (C=S) groups is 1. The Kier molecular flexibility index (Phi) is 4.81. The lowest BCUT2D eigenvalue weighted by Gasteiger charge is -2.28. The number of benzene rings is 1. The average molecular weight is 379 g/mol. The first-order valence-electron chi connectivity index (χ1n) is 9.03. The SMILES string of the molecule is CCN1C(=S)N[C@@H](c2ccccn2)[C@@H]1c1cccn1-c1ccccc1OC. The highest BCUT2D eigenvalue weighted by molar-refractivity contribution is 7.80. The molecule has 27 heavy (non-hydrogen) atoms. The Balaban J connectivity index is 1.83. The van der Waals surface area contributed by atoms with Crippen molar-refractivity contribution in [3.05, 3.63) is 78.4 Å². The van der Waals surface area contributed by atoms with Crippen molar-refractivity contribution in [1.82, 2.24) is 19.8 Å². The minimum absolute atomic E-state index is 0.0120. The maximum atomic E-state index is 5.63. The zero-order valence-electron chi connectivity index (χ0n) is 15.4. The van der Waals surface area contributed by atoms with Crippen LogP contribution in [0.2, 0.25) is 0 Å².